The molecule has 0 bridgehead atoms. The van der Waals surface area contributed by atoms with Gasteiger partial charge in [0.1, 0.15) is 11.4 Å². The number of esters is 1. The third-order valence-corrected chi connectivity index (χ3v) is 4.02. The summed E-state index contributed by atoms with van der Waals surface area (Å²) >= 11 is 0. The summed E-state index contributed by atoms with van der Waals surface area (Å²) in [5.74, 6) is -0.0234. The second-order valence-corrected chi connectivity index (χ2v) is 5.73. The van der Waals surface area contributed by atoms with Gasteiger partial charge < -0.3 is 9.47 Å². The Morgan fingerprint density at radius 1 is 1.07 bits per heavy atom. The number of fused-ring (bicyclic) bond motifs is 1. The third-order valence-electron chi connectivity index (χ3n) is 4.02. The van der Waals surface area contributed by atoms with Gasteiger partial charge in [-0.3, -0.25) is 0 Å². The quantitative estimate of drug-likeness (QED) is 0.595. The molecule has 140 valence electrons. The largest absolute Gasteiger partial charge is 0.497 e. The Morgan fingerprint density at radius 3 is 2.37 bits per heavy atom. The zero-order chi connectivity index (χ0) is 19.6. The van der Waals surface area contributed by atoms with E-state index in [1.165, 1.54) is 25.3 Å². The second kappa shape index (κ2) is 7.26. The molecule has 0 saturated heterocycles. The third kappa shape index (κ3) is 3.86. The molecule has 0 aliphatic rings. The molecule has 0 N–H and O–H groups in total. The Balaban J connectivity index is 2.20. The van der Waals surface area contributed by atoms with E-state index in [1.54, 1.807) is 25.1 Å². The monoisotopic (exact) mass is 375 g/mol. The van der Waals surface area contributed by atoms with Crippen LogP contribution in [0.25, 0.3) is 22.0 Å². The number of carbonyl (C=O) groups is 1. The van der Waals surface area contributed by atoms with Crippen LogP contribution in [0.15, 0.2) is 48.5 Å². The van der Waals surface area contributed by atoms with Crippen molar-refractivity contribution in [3.8, 4) is 16.9 Å². The van der Waals surface area contributed by atoms with Gasteiger partial charge in [0.2, 0.25) is 0 Å². The number of benzene rings is 2. The van der Waals surface area contributed by atoms with Gasteiger partial charge in [-0.25, -0.2) is 9.78 Å². The molecule has 0 saturated carbocycles. The van der Waals surface area contributed by atoms with Crippen molar-refractivity contribution in [2.24, 2.45) is 0 Å². The van der Waals surface area contributed by atoms with Crippen molar-refractivity contribution in [3.05, 3.63) is 59.8 Å². The molecule has 0 spiro atoms. The van der Waals surface area contributed by atoms with Crippen LogP contribution in [-0.4, -0.2) is 24.7 Å². The van der Waals surface area contributed by atoms with Crippen LogP contribution in [0.3, 0.4) is 0 Å². The highest BCUT2D eigenvalue weighted by molar-refractivity contribution is 6.00. The van der Waals surface area contributed by atoms with Crippen LogP contribution in [0, 0.1) is 0 Å². The predicted molar refractivity (Wildman–Crippen MR) is 94.7 cm³/mol. The van der Waals surface area contributed by atoms with Gasteiger partial charge in [0.25, 0.3) is 0 Å². The van der Waals surface area contributed by atoms with Crippen LogP contribution in [0.4, 0.5) is 13.2 Å². The summed E-state index contributed by atoms with van der Waals surface area (Å²) in [6.45, 7) is 1.87. The van der Waals surface area contributed by atoms with Crippen molar-refractivity contribution in [1.29, 1.82) is 0 Å². The summed E-state index contributed by atoms with van der Waals surface area (Å²) in [7, 11) is 1.51. The lowest BCUT2D eigenvalue weighted by atomic mass is 9.98. The molecule has 0 amide bonds. The Morgan fingerprint density at radius 2 is 1.78 bits per heavy atom. The minimum Gasteiger partial charge on any atom is -0.497 e. The van der Waals surface area contributed by atoms with Crippen LogP contribution >= 0.6 is 0 Å². The minimum atomic E-state index is -4.42. The molecular formula is C20H16F3NO3. The fourth-order valence-electron chi connectivity index (χ4n) is 2.72. The average Bonchev–Trinajstić information content (AvgIpc) is 2.66. The number of alkyl halides is 3. The summed E-state index contributed by atoms with van der Waals surface area (Å²) in [4.78, 5) is 16.4. The van der Waals surface area contributed by atoms with Gasteiger partial charge in [-0.1, -0.05) is 12.1 Å². The molecule has 27 heavy (non-hydrogen) atoms. The summed E-state index contributed by atoms with van der Waals surface area (Å²) in [5, 5.41) is 0.655. The molecule has 1 heterocycles. The lowest BCUT2D eigenvalue weighted by Crippen LogP contribution is -2.08. The van der Waals surface area contributed by atoms with E-state index in [0.29, 0.717) is 27.8 Å². The van der Waals surface area contributed by atoms with Crippen LogP contribution in [0.1, 0.15) is 23.0 Å². The molecule has 1 aromatic heterocycles. The zero-order valence-electron chi connectivity index (χ0n) is 14.6. The van der Waals surface area contributed by atoms with Gasteiger partial charge in [0, 0.05) is 5.39 Å². The molecule has 7 heteroatoms. The van der Waals surface area contributed by atoms with Crippen LogP contribution in [0.5, 0.6) is 5.75 Å². The van der Waals surface area contributed by atoms with Crippen LogP contribution < -0.4 is 4.74 Å². The molecule has 0 fully saturated rings. The standard InChI is InChI=1S/C20H16F3NO3/c1-3-27-19(25)18-11-15(12-4-6-13(7-5-12)20(21,22)23)16-10-14(26-2)8-9-17(16)24-18/h4-11H,3H2,1-2H3. The van der Waals surface area contributed by atoms with Crippen molar-refractivity contribution in [1.82, 2.24) is 4.98 Å². The molecule has 0 radical (unpaired) electrons. The molecule has 0 unspecified atom stereocenters. The Labute approximate surface area is 153 Å². The number of nitrogens with zero attached hydrogens (tertiary/aromatic N) is 1. The average molecular weight is 375 g/mol. The van der Waals surface area contributed by atoms with Gasteiger partial charge in [-0.05, 0) is 54.4 Å². The molecule has 3 aromatic rings. The fourth-order valence-corrected chi connectivity index (χ4v) is 2.72. The van der Waals surface area contributed by atoms with Gasteiger partial charge >= 0.3 is 12.1 Å². The van der Waals surface area contributed by atoms with Crippen molar-refractivity contribution in [3.63, 3.8) is 0 Å². The molecular weight excluding hydrogens is 359 g/mol. The van der Waals surface area contributed by atoms with E-state index in [2.05, 4.69) is 4.98 Å². The lowest BCUT2D eigenvalue weighted by molar-refractivity contribution is -0.137. The topological polar surface area (TPSA) is 48.4 Å². The predicted octanol–water partition coefficient (Wildman–Crippen LogP) is 5.11. The van der Waals surface area contributed by atoms with Gasteiger partial charge in [-0.2, -0.15) is 13.2 Å². The second-order valence-electron chi connectivity index (χ2n) is 5.73. The Bertz CT molecular complexity index is 982. The number of methoxy groups -OCH3 is 1. The highest BCUT2D eigenvalue weighted by Gasteiger charge is 2.30. The SMILES string of the molecule is CCOC(=O)c1cc(-c2ccc(C(F)(F)F)cc2)c2cc(OC)ccc2n1. The summed E-state index contributed by atoms with van der Waals surface area (Å²) in [6.07, 6.45) is -4.42. The maximum Gasteiger partial charge on any atom is 0.416 e. The smallest absolute Gasteiger partial charge is 0.416 e. The molecule has 0 aliphatic heterocycles. The van der Waals surface area contributed by atoms with Gasteiger partial charge in [0.05, 0.1) is 24.8 Å². The number of halogens is 3. The van der Waals surface area contributed by atoms with Gasteiger partial charge in [-0.15, -0.1) is 0 Å². The molecule has 2 aromatic carbocycles. The molecule has 0 aliphatic carbocycles. The number of ether oxygens (including phenoxy) is 2. The number of pyridine rings is 1. The van der Waals surface area contributed by atoms with Crippen molar-refractivity contribution in [2.75, 3.05) is 13.7 Å². The van der Waals surface area contributed by atoms with E-state index >= 15 is 0 Å². The Hall–Kier alpha value is -3.09. The molecule has 0 atom stereocenters. The fraction of sp³-hybridized carbons (Fsp3) is 0.200. The molecule has 3 rings (SSSR count). The highest BCUT2D eigenvalue weighted by atomic mass is 19.4. The lowest BCUT2D eigenvalue weighted by Gasteiger charge is -2.12. The Kier molecular flexibility index (Phi) is 5.03. The first-order valence-corrected chi connectivity index (χ1v) is 8.17. The maximum absolute atomic E-state index is 12.8. The first-order chi connectivity index (χ1) is 12.8. The van der Waals surface area contributed by atoms with Crippen LogP contribution in [-0.2, 0) is 10.9 Å². The first-order valence-electron chi connectivity index (χ1n) is 8.17. The normalized spacial score (nSPS) is 11.4. The van der Waals surface area contributed by atoms with E-state index in [-0.39, 0.29) is 12.3 Å². The summed E-state index contributed by atoms with van der Waals surface area (Å²) in [5.41, 5.74) is 0.943. The van der Waals surface area contributed by atoms with Crippen molar-refractivity contribution >= 4 is 16.9 Å². The number of rotatable bonds is 4. The van der Waals surface area contributed by atoms with E-state index in [4.69, 9.17) is 9.47 Å². The number of carbonyl (C=O) groups excluding carboxylic acids is 1. The van der Waals surface area contributed by atoms with Crippen LogP contribution in [0.2, 0.25) is 0 Å². The van der Waals surface area contributed by atoms with E-state index in [9.17, 15) is 18.0 Å². The van der Waals surface area contributed by atoms with E-state index in [0.717, 1.165) is 12.1 Å². The highest BCUT2D eigenvalue weighted by Crippen LogP contribution is 2.34. The summed E-state index contributed by atoms with van der Waals surface area (Å²) < 4.78 is 48.7. The van der Waals surface area contributed by atoms with E-state index < -0.39 is 17.7 Å². The number of hydrogen-bond donors (Lipinski definition) is 0. The minimum absolute atomic E-state index is 0.0874. The summed E-state index contributed by atoms with van der Waals surface area (Å²) in [6, 6.07) is 11.4. The maximum atomic E-state index is 12.8. The zero-order valence-corrected chi connectivity index (χ0v) is 14.6. The molecule has 4 nitrogen and oxygen atoms in total. The van der Waals surface area contributed by atoms with Crippen molar-refractivity contribution < 1.29 is 27.4 Å². The van der Waals surface area contributed by atoms with Crippen molar-refractivity contribution in [2.45, 2.75) is 13.1 Å². The van der Waals surface area contributed by atoms with Gasteiger partial charge in [0.15, 0.2) is 0 Å². The number of aromatic nitrogens is 1. The first kappa shape index (κ1) is 18.7. The van der Waals surface area contributed by atoms with E-state index in [1.807, 2.05) is 0 Å². The number of hydrogen-bond acceptors (Lipinski definition) is 4.